The van der Waals surface area contributed by atoms with Gasteiger partial charge in [0, 0.05) is 12.2 Å². The van der Waals surface area contributed by atoms with Gasteiger partial charge in [-0.3, -0.25) is 0 Å². The first-order valence-corrected chi connectivity index (χ1v) is 7.86. The summed E-state index contributed by atoms with van der Waals surface area (Å²) in [5.74, 6) is 1.69. The molecule has 3 aromatic rings. The van der Waals surface area contributed by atoms with Crippen molar-refractivity contribution >= 4 is 17.2 Å². The van der Waals surface area contributed by atoms with Crippen LogP contribution in [-0.4, -0.2) is 16.5 Å². The summed E-state index contributed by atoms with van der Waals surface area (Å²) in [6.07, 6.45) is 1.47. The van der Waals surface area contributed by atoms with E-state index in [1.807, 2.05) is 47.4 Å². The quantitative estimate of drug-likeness (QED) is 0.758. The van der Waals surface area contributed by atoms with Crippen LogP contribution in [0.5, 0.6) is 11.6 Å². The van der Waals surface area contributed by atoms with Crippen LogP contribution in [0.4, 0.5) is 17.2 Å². The third kappa shape index (κ3) is 3.30. The molecule has 2 aromatic carbocycles. The average molecular weight is 320 g/mol. The second-order valence-corrected chi connectivity index (χ2v) is 5.41. The molecule has 0 spiro atoms. The van der Waals surface area contributed by atoms with Crippen LogP contribution in [0.3, 0.4) is 0 Å². The molecule has 0 bridgehead atoms. The Labute approximate surface area is 141 Å². The smallest absolute Gasteiger partial charge is 0.248 e. The summed E-state index contributed by atoms with van der Waals surface area (Å²) in [5.41, 5.74) is 8.93. The van der Waals surface area contributed by atoms with Crippen molar-refractivity contribution in [2.24, 2.45) is 0 Å². The number of para-hydroxylation sites is 1. The van der Waals surface area contributed by atoms with Crippen molar-refractivity contribution in [1.82, 2.24) is 9.97 Å². The molecule has 0 radical (unpaired) electrons. The van der Waals surface area contributed by atoms with Crippen molar-refractivity contribution in [3.05, 3.63) is 66.5 Å². The molecule has 5 nitrogen and oxygen atoms in total. The van der Waals surface area contributed by atoms with Crippen LogP contribution in [0.25, 0.3) is 0 Å². The summed E-state index contributed by atoms with van der Waals surface area (Å²) >= 11 is 0. The Morgan fingerprint density at radius 2 is 1.83 bits per heavy atom. The molecule has 0 atom stereocenters. The van der Waals surface area contributed by atoms with Crippen LogP contribution < -0.4 is 15.4 Å². The Kier molecular flexibility index (Phi) is 4.61. The van der Waals surface area contributed by atoms with Crippen LogP contribution in [-0.2, 0) is 0 Å². The van der Waals surface area contributed by atoms with Crippen LogP contribution in [0.2, 0.25) is 0 Å². The molecule has 0 unspecified atom stereocenters. The van der Waals surface area contributed by atoms with Gasteiger partial charge >= 0.3 is 0 Å². The van der Waals surface area contributed by atoms with E-state index in [1.165, 1.54) is 11.9 Å². The summed E-state index contributed by atoms with van der Waals surface area (Å²) < 4.78 is 5.80. The number of anilines is 3. The molecule has 3 rings (SSSR count). The highest BCUT2D eigenvalue weighted by Gasteiger charge is 2.17. The lowest BCUT2D eigenvalue weighted by atomic mass is 10.2. The van der Waals surface area contributed by atoms with Gasteiger partial charge in [0.15, 0.2) is 5.82 Å². The number of hydrogen-bond acceptors (Lipinski definition) is 5. The van der Waals surface area contributed by atoms with E-state index in [9.17, 15) is 0 Å². The van der Waals surface area contributed by atoms with E-state index in [-0.39, 0.29) is 0 Å². The molecular formula is C19H20N4O. The lowest BCUT2D eigenvalue weighted by Crippen LogP contribution is -2.19. The first-order chi connectivity index (χ1) is 11.7. The highest BCUT2D eigenvalue weighted by Crippen LogP contribution is 2.34. The normalized spacial score (nSPS) is 10.4. The maximum atomic E-state index is 6.29. The molecule has 0 aliphatic rings. The summed E-state index contributed by atoms with van der Waals surface area (Å²) in [5, 5.41) is 0. The number of nitrogen functional groups attached to an aromatic ring is 1. The molecule has 0 fully saturated rings. The fraction of sp³-hybridized carbons (Fsp3) is 0.158. The Morgan fingerprint density at radius 1 is 1.04 bits per heavy atom. The maximum Gasteiger partial charge on any atom is 0.248 e. The zero-order valence-corrected chi connectivity index (χ0v) is 13.8. The van der Waals surface area contributed by atoms with E-state index < -0.39 is 0 Å². The van der Waals surface area contributed by atoms with Crippen molar-refractivity contribution in [2.75, 3.05) is 17.2 Å². The molecule has 0 amide bonds. The molecule has 0 saturated heterocycles. The minimum atomic E-state index is 0.359. The van der Waals surface area contributed by atoms with Crippen molar-refractivity contribution in [2.45, 2.75) is 13.8 Å². The molecule has 2 N–H and O–H groups in total. The molecule has 1 aromatic heterocycles. The highest BCUT2D eigenvalue weighted by molar-refractivity contribution is 5.74. The van der Waals surface area contributed by atoms with Gasteiger partial charge in [-0.05, 0) is 43.7 Å². The third-order valence-corrected chi connectivity index (χ3v) is 3.67. The van der Waals surface area contributed by atoms with Gasteiger partial charge in [0.1, 0.15) is 17.8 Å². The van der Waals surface area contributed by atoms with Gasteiger partial charge in [-0.15, -0.1) is 0 Å². The van der Waals surface area contributed by atoms with Crippen LogP contribution in [0, 0.1) is 6.92 Å². The van der Waals surface area contributed by atoms with Crippen LogP contribution in [0.1, 0.15) is 12.5 Å². The average Bonchev–Trinajstić information content (AvgIpc) is 2.60. The van der Waals surface area contributed by atoms with E-state index in [4.69, 9.17) is 10.5 Å². The lowest BCUT2D eigenvalue weighted by Gasteiger charge is -2.24. The monoisotopic (exact) mass is 320 g/mol. The number of aromatic nitrogens is 2. The zero-order valence-electron chi connectivity index (χ0n) is 13.8. The predicted octanol–water partition coefficient (Wildman–Crippen LogP) is 4.32. The Bertz CT molecular complexity index is 821. The second-order valence-electron chi connectivity index (χ2n) is 5.41. The predicted molar refractivity (Wildman–Crippen MR) is 96.8 cm³/mol. The molecule has 122 valence electrons. The first kappa shape index (κ1) is 15.8. The number of hydrogen-bond donors (Lipinski definition) is 1. The molecule has 1 heterocycles. The highest BCUT2D eigenvalue weighted by atomic mass is 16.5. The number of ether oxygens (including phenoxy) is 1. The molecule has 5 heteroatoms. The molecule has 0 saturated carbocycles. The fourth-order valence-electron chi connectivity index (χ4n) is 2.52. The number of benzene rings is 2. The molecule has 0 aliphatic heterocycles. The van der Waals surface area contributed by atoms with Crippen LogP contribution >= 0.6 is 0 Å². The van der Waals surface area contributed by atoms with E-state index >= 15 is 0 Å². The number of nitrogens with zero attached hydrogens (tertiary/aromatic N) is 3. The summed E-state index contributed by atoms with van der Waals surface area (Å²) in [4.78, 5) is 10.6. The maximum absolute atomic E-state index is 6.29. The van der Waals surface area contributed by atoms with Gasteiger partial charge in [0.05, 0.1) is 0 Å². The third-order valence-electron chi connectivity index (χ3n) is 3.67. The van der Waals surface area contributed by atoms with Crippen molar-refractivity contribution in [3.8, 4) is 11.6 Å². The van der Waals surface area contributed by atoms with Gasteiger partial charge in [-0.25, -0.2) is 4.98 Å². The summed E-state index contributed by atoms with van der Waals surface area (Å²) in [6.45, 7) is 4.85. The lowest BCUT2D eigenvalue weighted by molar-refractivity contribution is 0.464. The fourth-order valence-corrected chi connectivity index (χ4v) is 2.52. The van der Waals surface area contributed by atoms with Gasteiger partial charge in [0.25, 0.3) is 0 Å². The van der Waals surface area contributed by atoms with Gasteiger partial charge in [-0.2, -0.15) is 4.98 Å². The van der Waals surface area contributed by atoms with E-state index in [0.29, 0.717) is 23.1 Å². The van der Waals surface area contributed by atoms with Gasteiger partial charge in [-0.1, -0.05) is 30.3 Å². The Morgan fingerprint density at radius 3 is 2.54 bits per heavy atom. The molecule has 0 aliphatic carbocycles. The summed E-state index contributed by atoms with van der Waals surface area (Å²) in [6, 6.07) is 17.7. The number of rotatable bonds is 5. The standard InChI is InChI=1S/C19H20N4O/c1-3-23(15-9-7-8-14(2)12-15)18-17(20)19(22-13-21-18)24-16-10-5-4-6-11-16/h4-13H,3,20H2,1-2H3. The van der Waals surface area contributed by atoms with Crippen molar-refractivity contribution < 1.29 is 4.74 Å². The Balaban J connectivity index is 1.97. The van der Waals surface area contributed by atoms with E-state index in [2.05, 4.69) is 35.9 Å². The number of aryl methyl sites for hydroxylation is 1. The van der Waals surface area contributed by atoms with Crippen LogP contribution in [0.15, 0.2) is 60.9 Å². The van der Waals surface area contributed by atoms with E-state index in [1.54, 1.807) is 0 Å². The SMILES string of the molecule is CCN(c1cccc(C)c1)c1ncnc(Oc2ccccc2)c1N. The van der Waals surface area contributed by atoms with Gasteiger partial charge < -0.3 is 15.4 Å². The second kappa shape index (κ2) is 7.00. The van der Waals surface area contributed by atoms with Gasteiger partial charge in [0.2, 0.25) is 5.88 Å². The topological polar surface area (TPSA) is 64.3 Å². The Hall–Kier alpha value is -3.08. The van der Waals surface area contributed by atoms with E-state index in [0.717, 1.165) is 12.2 Å². The minimum absolute atomic E-state index is 0.359. The summed E-state index contributed by atoms with van der Waals surface area (Å²) in [7, 11) is 0. The zero-order chi connectivity index (χ0) is 16.9. The minimum Gasteiger partial charge on any atom is -0.437 e. The van der Waals surface area contributed by atoms with Crippen molar-refractivity contribution in [1.29, 1.82) is 0 Å². The first-order valence-electron chi connectivity index (χ1n) is 7.86. The van der Waals surface area contributed by atoms with Crippen molar-refractivity contribution in [3.63, 3.8) is 0 Å². The largest absolute Gasteiger partial charge is 0.437 e. The molecule has 24 heavy (non-hydrogen) atoms. The molecular weight excluding hydrogens is 300 g/mol. The number of nitrogens with two attached hydrogens (primary N) is 1.